The van der Waals surface area contributed by atoms with Crippen LogP contribution in [-0.2, 0) is 14.3 Å². The van der Waals surface area contributed by atoms with Crippen LogP contribution in [-0.4, -0.2) is 55.2 Å². The van der Waals surface area contributed by atoms with Crippen molar-refractivity contribution in [2.45, 2.75) is 32.0 Å². The van der Waals surface area contributed by atoms with Crippen LogP contribution in [0.3, 0.4) is 0 Å². The number of halogens is 3. The van der Waals surface area contributed by atoms with E-state index in [1.165, 1.54) is 4.90 Å². The van der Waals surface area contributed by atoms with Gasteiger partial charge in [-0.15, -0.1) is 0 Å². The molecule has 0 atom stereocenters. The number of carbonyl (C=O) groups is 2. The van der Waals surface area contributed by atoms with E-state index in [0.29, 0.717) is 0 Å². The first kappa shape index (κ1) is 15.7. The first-order valence-electron chi connectivity index (χ1n) is 6.06. The average Bonchev–Trinajstić information content (AvgIpc) is 3.08. The summed E-state index contributed by atoms with van der Waals surface area (Å²) in [6.45, 7) is -0.0129. The van der Waals surface area contributed by atoms with Gasteiger partial charge in [-0.1, -0.05) is 0 Å². The molecule has 19 heavy (non-hydrogen) atoms. The Morgan fingerprint density at radius 2 is 2.00 bits per heavy atom. The molecule has 0 spiro atoms. The van der Waals surface area contributed by atoms with Crippen LogP contribution in [0.1, 0.15) is 19.8 Å². The first-order chi connectivity index (χ1) is 8.83. The Morgan fingerprint density at radius 3 is 2.47 bits per heavy atom. The fourth-order valence-corrected chi connectivity index (χ4v) is 1.57. The van der Waals surface area contributed by atoms with Crippen molar-refractivity contribution in [1.82, 2.24) is 10.2 Å². The number of carbonyl (C=O) groups excluding carboxylic acids is 2. The maximum Gasteiger partial charge on any atom is 0.401 e. The standard InChI is InChI=1S/C11H17F3N2O3/c1-2-19-10(18)6-16(8-3-4-8)9(17)5-15-7-11(12,13)14/h8,15H,2-7H2,1H3. The summed E-state index contributed by atoms with van der Waals surface area (Å²) in [7, 11) is 0. The van der Waals surface area contributed by atoms with Crippen molar-refractivity contribution in [3.63, 3.8) is 0 Å². The van der Waals surface area contributed by atoms with E-state index in [-0.39, 0.29) is 19.2 Å². The molecular formula is C11H17F3N2O3. The zero-order valence-electron chi connectivity index (χ0n) is 10.6. The summed E-state index contributed by atoms with van der Waals surface area (Å²) >= 11 is 0. The second kappa shape index (κ2) is 6.74. The topological polar surface area (TPSA) is 58.6 Å². The molecule has 0 aromatic carbocycles. The third kappa shape index (κ3) is 6.42. The lowest BCUT2D eigenvalue weighted by Gasteiger charge is -2.21. The highest BCUT2D eigenvalue weighted by Crippen LogP contribution is 2.26. The first-order valence-corrected chi connectivity index (χ1v) is 6.06. The van der Waals surface area contributed by atoms with Crippen LogP contribution in [0.25, 0.3) is 0 Å². The Morgan fingerprint density at radius 1 is 1.37 bits per heavy atom. The normalized spacial score (nSPS) is 15.2. The van der Waals surface area contributed by atoms with Crippen molar-refractivity contribution in [1.29, 1.82) is 0 Å². The monoisotopic (exact) mass is 282 g/mol. The predicted octanol–water partition coefficient (Wildman–Crippen LogP) is 0.692. The van der Waals surface area contributed by atoms with Crippen LogP contribution in [0.15, 0.2) is 0 Å². The Hall–Kier alpha value is -1.31. The number of esters is 1. The average molecular weight is 282 g/mol. The van der Waals surface area contributed by atoms with E-state index in [1.807, 2.05) is 5.32 Å². The Kier molecular flexibility index (Phi) is 5.59. The number of alkyl halides is 3. The van der Waals surface area contributed by atoms with Crippen LogP contribution in [0.5, 0.6) is 0 Å². The molecule has 0 radical (unpaired) electrons. The second-order valence-electron chi connectivity index (χ2n) is 4.28. The molecule has 5 nitrogen and oxygen atoms in total. The summed E-state index contributed by atoms with van der Waals surface area (Å²) in [5.74, 6) is -1.06. The maximum absolute atomic E-state index is 11.9. The van der Waals surface area contributed by atoms with Gasteiger partial charge >= 0.3 is 12.1 Å². The summed E-state index contributed by atoms with van der Waals surface area (Å²) < 4.78 is 40.5. The SMILES string of the molecule is CCOC(=O)CN(C(=O)CNCC(F)(F)F)C1CC1. The lowest BCUT2D eigenvalue weighted by atomic mass is 10.4. The molecule has 0 aromatic heterocycles. The largest absolute Gasteiger partial charge is 0.465 e. The van der Waals surface area contributed by atoms with E-state index in [9.17, 15) is 22.8 Å². The molecule has 0 unspecified atom stereocenters. The quantitative estimate of drug-likeness (QED) is 0.698. The minimum atomic E-state index is -4.36. The lowest BCUT2D eigenvalue weighted by Crippen LogP contribution is -2.44. The Labute approximate surface area is 109 Å². The molecular weight excluding hydrogens is 265 g/mol. The zero-order chi connectivity index (χ0) is 14.5. The number of hydrogen-bond donors (Lipinski definition) is 1. The number of rotatable bonds is 7. The number of hydrogen-bond acceptors (Lipinski definition) is 4. The molecule has 8 heteroatoms. The van der Waals surface area contributed by atoms with E-state index < -0.39 is 31.1 Å². The van der Waals surface area contributed by atoms with Gasteiger partial charge in [-0.25, -0.2) is 0 Å². The molecule has 0 aromatic rings. The number of nitrogens with zero attached hydrogens (tertiary/aromatic N) is 1. The Bertz CT molecular complexity index is 330. The molecule has 1 N–H and O–H groups in total. The lowest BCUT2D eigenvalue weighted by molar-refractivity contribution is -0.149. The fraction of sp³-hybridized carbons (Fsp3) is 0.818. The number of ether oxygens (including phenoxy) is 1. The number of amides is 1. The van der Waals surface area contributed by atoms with Crippen molar-refractivity contribution in [2.75, 3.05) is 26.2 Å². The molecule has 1 aliphatic carbocycles. The van der Waals surface area contributed by atoms with Gasteiger partial charge in [-0.3, -0.25) is 9.59 Å². The van der Waals surface area contributed by atoms with E-state index in [0.717, 1.165) is 12.8 Å². The molecule has 1 saturated carbocycles. The van der Waals surface area contributed by atoms with Gasteiger partial charge in [0.25, 0.3) is 0 Å². The highest BCUT2D eigenvalue weighted by molar-refractivity contribution is 5.84. The molecule has 1 amide bonds. The van der Waals surface area contributed by atoms with Gasteiger partial charge in [0.05, 0.1) is 19.7 Å². The highest BCUT2D eigenvalue weighted by atomic mass is 19.4. The minimum Gasteiger partial charge on any atom is -0.465 e. The van der Waals surface area contributed by atoms with Crippen LogP contribution in [0, 0.1) is 0 Å². The van der Waals surface area contributed by atoms with Gasteiger partial charge in [0.1, 0.15) is 6.54 Å². The van der Waals surface area contributed by atoms with Crippen molar-refractivity contribution in [3.8, 4) is 0 Å². The summed E-state index contributed by atoms with van der Waals surface area (Å²) in [6.07, 6.45) is -2.82. The van der Waals surface area contributed by atoms with Gasteiger partial charge in [-0.2, -0.15) is 13.2 Å². The van der Waals surface area contributed by atoms with E-state index >= 15 is 0 Å². The van der Waals surface area contributed by atoms with Crippen LogP contribution < -0.4 is 5.32 Å². The molecule has 0 aliphatic heterocycles. The van der Waals surface area contributed by atoms with Gasteiger partial charge in [0.2, 0.25) is 5.91 Å². The predicted molar refractivity (Wildman–Crippen MR) is 60.3 cm³/mol. The van der Waals surface area contributed by atoms with Gasteiger partial charge in [0.15, 0.2) is 0 Å². The highest BCUT2D eigenvalue weighted by Gasteiger charge is 2.34. The summed E-state index contributed by atoms with van der Waals surface area (Å²) in [6, 6.07) is -0.0513. The molecule has 0 saturated heterocycles. The van der Waals surface area contributed by atoms with Crippen molar-refractivity contribution in [3.05, 3.63) is 0 Å². The van der Waals surface area contributed by atoms with Crippen molar-refractivity contribution >= 4 is 11.9 Å². The Balaban J connectivity index is 2.38. The molecule has 1 aliphatic rings. The van der Waals surface area contributed by atoms with E-state index in [2.05, 4.69) is 0 Å². The van der Waals surface area contributed by atoms with Crippen LogP contribution >= 0.6 is 0 Å². The van der Waals surface area contributed by atoms with Crippen LogP contribution in [0.4, 0.5) is 13.2 Å². The van der Waals surface area contributed by atoms with Gasteiger partial charge < -0.3 is 15.0 Å². The maximum atomic E-state index is 11.9. The summed E-state index contributed by atoms with van der Waals surface area (Å²) in [4.78, 5) is 24.3. The number of nitrogens with one attached hydrogen (secondary N) is 1. The molecule has 1 rings (SSSR count). The molecule has 0 heterocycles. The van der Waals surface area contributed by atoms with E-state index in [1.54, 1.807) is 6.92 Å². The van der Waals surface area contributed by atoms with Crippen molar-refractivity contribution < 1.29 is 27.5 Å². The summed E-state index contributed by atoms with van der Waals surface area (Å²) in [5.41, 5.74) is 0. The molecule has 0 bridgehead atoms. The molecule has 1 fully saturated rings. The third-order valence-corrected chi connectivity index (χ3v) is 2.51. The van der Waals surface area contributed by atoms with Crippen LogP contribution in [0.2, 0.25) is 0 Å². The molecule has 110 valence electrons. The fourth-order valence-electron chi connectivity index (χ4n) is 1.57. The summed E-state index contributed by atoms with van der Waals surface area (Å²) in [5, 5.41) is 2.03. The second-order valence-corrected chi connectivity index (χ2v) is 4.28. The minimum absolute atomic E-state index is 0.0513. The zero-order valence-corrected chi connectivity index (χ0v) is 10.6. The van der Waals surface area contributed by atoms with Gasteiger partial charge in [0, 0.05) is 6.04 Å². The van der Waals surface area contributed by atoms with E-state index in [4.69, 9.17) is 4.74 Å². The van der Waals surface area contributed by atoms with Crippen molar-refractivity contribution in [2.24, 2.45) is 0 Å². The van der Waals surface area contributed by atoms with Gasteiger partial charge in [-0.05, 0) is 19.8 Å². The third-order valence-electron chi connectivity index (χ3n) is 2.51. The smallest absolute Gasteiger partial charge is 0.401 e.